The summed E-state index contributed by atoms with van der Waals surface area (Å²) in [4.78, 5) is 27.9. The fraction of sp³-hybridized carbons (Fsp3) is 0.360. The maximum atomic E-state index is 14.5. The predicted octanol–water partition coefficient (Wildman–Crippen LogP) is 4.77. The Morgan fingerprint density at radius 1 is 1.15 bits per heavy atom. The summed E-state index contributed by atoms with van der Waals surface area (Å²) in [6.45, 7) is 7.66. The molecule has 1 saturated heterocycles. The summed E-state index contributed by atoms with van der Waals surface area (Å²) in [6.07, 6.45) is 0. The molecule has 174 valence electrons. The van der Waals surface area contributed by atoms with E-state index in [1.165, 1.54) is 13.0 Å². The molecule has 8 heteroatoms. The van der Waals surface area contributed by atoms with Gasteiger partial charge in [0.25, 0.3) is 0 Å². The average Bonchev–Trinajstić information content (AvgIpc) is 3.25. The Morgan fingerprint density at radius 2 is 1.91 bits per heavy atom. The summed E-state index contributed by atoms with van der Waals surface area (Å²) in [5, 5.41) is 3.91. The van der Waals surface area contributed by atoms with E-state index in [1.54, 1.807) is 17.0 Å². The van der Waals surface area contributed by atoms with Crippen molar-refractivity contribution in [2.45, 2.75) is 26.8 Å². The molecule has 33 heavy (non-hydrogen) atoms. The van der Waals surface area contributed by atoms with Crippen LogP contribution in [0.2, 0.25) is 0 Å². The molecular formula is C25H28FN3O4. The van der Waals surface area contributed by atoms with Gasteiger partial charge in [-0.05, 0) is 51.1 Å². The van der Waals surface area contributed by atoms with Crippen molar-refractivity contribution >= 4 is 28.5 Å². The van der Waals surface area contributed by atoms with Gasteiger partial charge in [-0.3, -0.25) is 4.79 Å². The molecule has 3 aromatic rings. The minimum Gasteiger partial charge on any atom is -0.490 e. The van der Waals surface area contributed by atoms with Crippen LogP contribution in [0, 0.1) is 5.82 Å². The van der Waals surface area contributed by atoms with E-state index in [9.17, 15) is 14.0 Å². The molecule has 1 aliphatic rings. The number of nitrogens with zero attached hydrogens (tertiary/aromatic N) is 2. The van der Waals surface area contributed by atoms with Gasteiger partial charge in [-0.25, -0.2) is 9.18 Å². The highest BCUT2D eigenvalue weighted by Gasteiger charge is 2.25. The molecule has 2 heterocycles. The van der Waals surface area contributed by atoms with E-state index in [0.29, 0.717) is 61.1 Å². The van der Waals surface area contributed by atoms with Crippen molar-refractivity contribution in [1.29, 1.82) is 0 Å². The van der Waals surface area contributed by atoms with Crippen molar-refractivity contribution in [1.82, 2.24) is 10.2 Å². The maximum Gasteiger partial charge on any atom is 0.318 e. The molecule has 4 rings (SSSR count). The Balaban J connectivity index is 1.37. The van der Waals surface area contributed by atoms with Gasteiger partial charge in [0.05, 0.1) is 18.3 Å². The topological polar surface area (TPSA) is 75.0 Å². The number of piperazine rings is 1. The molecule has 2 amide bonds. The molecule has 2 aromatic carbocycles. The largest absolute Gasteiger partial charge is 0.490 e. The normalized spacial score (nSPS) is 14.9. The molecule has 1 unspecified atom stereocenters. The van der Waals surface area contributed by atoms with Gasteiger partial charge in [-0.1, -0.05) is 12.1 Å². The summed E-state index contributed by atoms with van der Waals surface area (Å²) in [6, 6.07) is 11.6. The number of furan rings is 1. The molecule has 0 radical (unpaired) electrons. The van der Waals surface area contributed by atoms with Crippen molar-refractivity contribution in [2.75, 3.05) is 37.7 Å². The maximum absolute atomic E-state index is 14.5. The zero-order valence-corrected chi connectivity index (χ0v) is 19.1. The Morgan fingerprint density at radius 3 is 2.58 bits per heavy atom. The third kappa shape index (κ3) is 4.79. The molecule has 0 spiro atoms. The number of amides is 2. The van der Waals surface area contributed by atoms with Crippen molar-refractivity contribution in [2.24, 2.45) is 0 Å². The Kier molecular flexibility index (Phi) is 6.53. The molecule has 0 saturated carbocycles. The number of carbonyl (C=O) groups is 2. The van der Waals surface area contributed by atoms with E-state index >= 15 is 0 Å². The van der Waals surface area contributed by atoms with Gasteiger partial charge in [0.1, 0.15) is 11.6 Å². The SMILES string of the molecule is CCOc1cccc2cc(C(C)NC(=O)N3CCN(c4ccc(C(C)=O)cc4F)CC3)oc12. The number of nitrogens with one attached hydrogen (secondary N) is 1. The summed E-state index contributed by atoms with van der Waals surface area (Å²) in [5.74, 6) is 0.733. The number of para-hydroxylation sites is 1. The van der Waals surface area contributed by atoms with Crippen LogP contribution in [-0.4, -0.2) is 49.5 Å². The fourth-order valence-electron chi connectivity index (χ4n) is 4.02. The summed E-state index contributed by atoms with van der Waals surface area (Å²) < 4.78 is 26.1. The number of urea groups is 1. The molecule has 0 bridgehead atoms. The monoisotopic (exact) mass is 453 g/mol. The Hall–Kier alpha value is -3.55. The first-order valence-corrected chi connectivity index (χ1v) is 11.1. The Bertz CT molecular complexity index is 1170. The van der Waals surface area contributed by atoms with E-state index in [2.05, 4.69) is 5.32 Å². The van der Waals surface area contributed by atoms with Crippen LogP contribution in [0.1, 0.15) is 42.9 Å². The van der Waals surface area contributed by atoms with E-state index < -0.39 is 5.82 Å². The number of ether oxygens (including phenoxy) is 1. The molecule has 1 aromatic heterocycles. The van der Waals surface area contributed by atoms with Crippen LogP contribution < -0.4 is 15.0 Å². The second-order valence-corrected chi connectivity index (χ2v) is 8.12. The van der Waals surface area contributed by atoms with E-state index in [4.69, 9.17) is 9.15 Å². The zero-order valence-electron chi connectivity index (χ0n) is 19.1. The predicted molar refractivity (Wildman–Crippen MR) is 125 cm³/mol. The van der Waals surface area contributed by atoms with Gasteiger partial charge in [0, 0.05) is 37.1 Å². The number of halogens is 1. The number of ketones is 1. The third-order valence-corrected chi connectivity index (χ3v) is 5.86. The molecule has 0 aliphatic carbocycles. The van der Waals surface area contributed by atoms with Gasteiger partial charge in [0.15, 0.2) is 17.1 Å². The first-order valence-electron chi connectivity index (χ1n) is 11.1. The Labute approximate surface area is 192 Å². The lowest BCUT2D eigenvalue weighted by atomic mass is 10.1. The standard InChI is InChI=1S/C25H28FN3O4/c1-4-32-22-7-5-6-19-15-23(33-24(19)22)16(2)27-25(31)29-12-10-28(11-13-29)21-9-8-18(17(3)30)14-20(21)26/h5-9,14-16H,4,10-13H2,1-3H3,(H,27,31). The summed E-state index contributed by atoms with van der Waals surface area (Å²) >= 11 is 0. The number of hydrogen-bond acceptors (Lipinski definition) is 5. The van der Waals surface area contributed by atoms with E-state index in [-0.39, 0.29) is 17.9 Å². The van der Waals surface area contributed by atoms with Crippen molar-refractivity contribution in [3.8, 4) is 5.75 Å². The number of anilines is 1. The van der Waals surface area contributed by atoms with Gasteiger partial charge >= 0.3 is 6.03 Å². The number of Topliss-reactive ketones (excluding diaryl/α,β-unsaturated/α-hetero) is 1. The van der Waals surface area contributed by atoms with Crippen molar-refractivity contribution < 1.29 is 23.1 Å². The highest BCUT2D eigenvalue weighted by Crippen LogP contribution is 2.31. The van der Waals surface area contributed by atoms with Gasteiger partial charge in [-0.2, -0.15) is 0 Å². The summed E-state index contributed by atoms with van der Waals surface area (Å²) in [7, 11) is 0. The smallest absolute Gasteiger partial charge is 0.318 e. The number of fused-ring (bicyclic) bond motifs is 1. The fourth-order valence-corrected chi connectivity index (χ4v) is 4.02. The molecule has 7 nitrogen and oxygen atoms in total. The lowest BCUT2D eigenvalue weighted by Crippen LogP contribution is -2.52. The lowest BCUT2D eigenvalue weighted by Gasteiger charge is -2.36. The lowest BCUT2D eigenvalue weighted by molar-refractivity contribution is 0.101. The molecule has 1 aliphatic heterocycles. The first kappa shape index (κ1) is 22.6. The van der Waals surface area contributed by atoms with Crippen LogP contribution >= 0.6 is 0 Å². The zero-order chi connectivity index (χ0) is 23.5. The van der Waals surface area contributed by atoms with Gasteiger partial charge in [0.2, 0.25) is 0 Å². The van der Waals surface area contributed by atoms with E-state index in [1.807, 2.05) is 43.0 Å². The van der Waals surface area contributed by atoms with Gasteiger partial charge in [-0.15, -0.1) is 0 Å². The first-order chi connectivity index (χ1) is 15.9. The minimum atomic E-state index is -0.425. The second kappa shape index (κ2) is 9.52. The molecule has 1 fully saturated rings. The van der Waals surface area contributed by atoms with Crippen molar-refractivity contribution in [3.05, 3.63) is 59.6 Å². The number of rotatable bonds is 6. The van der Waals surface area contributed by atoms with Crippen molar-refractivity contribution in [3.63, 3.8) is 0 Å². The summed E-state index contributed by atoms with van der Waals surface area (Å²) in [5.41, 5.74) is 1.46. The highest BCUT2D eigenvalue weighted by atomic mass is 19.1. The van der Waals surface area contributed by atoms with E-state index in [0.717, 1.165) is 5.39 Å². The number of hydrogen-bond donors (Lipinski definition) is 1. The van der Waals surface area contributed by atoms with Crippen LogP contribution in [0.4, 0.5) is 14.9 Å². The second-order valence-electron chi connectivity index (χ2n) is 8.12. The molecule has 1 atom stereocenters. The van der Waals surface area contributed by atoms with Gasteiger partial charge < -0.3 is 24.3 Å². The third-order valence-electron chi connectivity index (χ3n) is 5.86. The van der Waals surface area contributed by atoms with Crippen LogP contribution in [0.15, 0.2) is 46.9 Å². The molecule has 1 N–H and O–H groups in total. The number of benzene rings is 2. The number of carbonyl (C=O) groups excluding carboxylic acids is 2. The average molecular weight is 454 g/mol. The minimum absolute atomic E-state index is 0.172. The van der Waals surface area contributed by atoms with Crippen LogP contribution in [0.25, 0.3) is 11.0 Å². The van der Waals surface area contributed by atoms with Crippen LogP contribution in [0.5, 0.6) is 5.75 Å². The highest BCUT2D eigenvalue weighted by molar-refractivity contribution is 5.94. The quantitative estimate of drug-likeness (QED) is 0.545. The van der Waals surface area contributed by atoms with Crippen LogP contribution in [0.3, 0.4) is 0 Å². The van der Waals surface area contributed by atoms with Crippen LogP contribution in [-0.2, 0) is 0 Å². The molecular weight excluding hydrogens is 425 g/mol.